The van der Waals surface area contributed by atoms with Gasteiger partial charge in [-0.05, 0) is 50.1 Å². The van der Waals surface area contributed by atoms with Crippen molar-refractivity contribution in [2.45, 2.75) is 45.7 Å². The van der Waals surface area contributed by atoms with Gasteiger partial charge in [0.15, 0.2) is 5.82 Å². The molecule has 1 aliphatic rings. The third-order valence-corrected chi connectivity index (χ3v) is 5.78. The van der Waals surface area contributed by atoms with Crippen LogP contribution < -0.4 is 15.0 Å². The van der Waals surface area contributed by atoms with Crippen LogP contribution in [-0.4, -0.2) is 27.9 Å². The molecule has 0 saturated heterocycles. The van der Waals surface area contributed by atoms with Crippen LogP contribution in [0.25, 0.3) is 0 Å². The lowest BCUT2D eigenvalue weighted by molar-refractivity contribution is 0.256. The van der Waals surface area contributed by atoms with Gasteiger partial charge in [0.2, 0.25) is 0 Å². The molecule has 4 rings (SSSR count). The Morgan fingerprint density at radius 1 is 1.16 bits per heavy atom. The van der Waals surface area contributed by atoms with Gasteiger partial charge in [-0.2, -0.15) is 0 Å². The number of carbonyl (C=O) groups is 1. The second kappa shape index (κ2) is 9.39. The number of hydrogen-bond acceptors (Lipinski definition) is 4. The zero-order valence-corrected chi connectivity index (χ0v) is 18.5. The van der Waals surface area contributed by atoms with E-state index in [4.69, 9.17) is 16.3 Å². The molecule has 8 heteroatoms. The molecule has 2 amide bonds. The Balaban J connectivity index is 1.65. The first-order chi connectivity index (χ1) is 15.0. The molecular formula is C23H26ClN5O2. The van der Waals surface area contributed by atoms with Crippen molar-refractivity contribution in [2.24, 2.45) is 0 Å². The van der Waals surface area contributed by atoms with Crippen molar-refractivity contribution in [3.63, 3.8) is 0 Å². The normalized spacial score (nSPS) is 13.3. The number of aromatic nitrogens is 3. The molecule has 1 N–H and O–H groups in total. The Hall–Kier alpha value is -3.06. The summed E-state index contributed by atoms with van der Waals surface area (Å²) >= 11 is 6.36. The summed E-state index contributed by atoms with van der Waals surface area (Å²) in [6, 6.07) is 12.7. The Kier molecular flexibility index (Phi) is 6.42. The smallest absolute Gasteiger partial charge is 0.326 e. The average Bonchev–Trinajstić information content (AvgIpc) is 2.99. The molecule has 162 valence electrons. The lowest BCUT2D eigenvalue weighted by Crippen LogP contribution is -2.35. The van der Waals surface area contributed by atoms with Gasteiger partial charge in [-0.3, -0.25) is 4.90 Å². The van der Waals surface area contributed by atoms with E-state index in [1.165, 1.54) is 6.42 Å². The minimum Gasteiger partial charge on any atom is -0.495 e. The van der Waals surface area contributed by atoms with Crippen molar-refractivity contribution in [3.8, 4) is 5.75 Å². The predicted octanol–water partition coefficient (Wildman–Crippen LogP) is 5.21. The summed E-state index contributed by atoms with van der Waals surface area (Å²) in [6.07, 6.45) is 4.29. The predicted molar refractivity (Wildman–Crippen MR) is 122 cm³/mol. The highest BCUT2D eigenvalue weighted by Crippen LogP contribution is 2.30. The number of fused-ring (bicyclic) bond motifs is 1. The number of methoxy groups -OCH3 is 1. The van der Waals surface area contributed by atoms with Gasteiger partial charge in [0.1, 0.15) is 11.6 Å². The number of amides is 2. The number of urea groups is 1. The number of aryl methyl sites for hydroxylation is 2. The number of halogens is 1. The zero-order chi connectivity index (χ0) is 21.8. The van der Waals surface area contributed by atoms with Crippen LogP contribution in [0.2, 0.25) is 5.02 Å². The van der Waals surface area contributed by atoms with Gasteiger partial charge in [0, 0.05) is 24.3 Å². The Morgan fingerprint density at radius 3 is 2.71 bits per heavy atom. The van der Waals surface area contributed by atoms with Crippen LogP contribution in [0.5, 0.6) is 5.75 Å². The van der Waals surface area contributed by atoms with E-state index in [0.717, 1.165) is 48.7 Å². The molecule has 0 saturated carbocycles. The molecule has 0 fully saturated rings. The second-order valence-corrected chi connectivity index (χ2v) is 8.10. The van der Waals surface area contributed by atoms with Crippen LogP contribution in [0.3, 0.4) is 0 Å². The highest BCUT2D eigenvalue weighted by molar-refractivity contribution is 6.32. The van der Waals surface area contributed by atoms with Crippen LogP contribution >= 0.6 is 11.6 Å². The van der Waals surface area contributed by atoms with E-state index in [0.29, 0.717) is 16.5 Å². The number of rotatable bonds is 5. The second-order valence-electron chi connectivity index (χ2n) is 7.70. The van der Waals surface area contributed by atoms with E-state index >= 15 is 0 Å². The van der Waals surface area contributed by atoms with E-state index in [1.54, 1.807) is 24.1 Å². The highest BCUT2D eigenvalue weighted by atomic mass is 35.5. The van der Waals surface area contributed by atoms with Crippen molar-refractivity contribution >= 4 is 29.0 Å². The molecule has 2 heterocycles. The molecule has 1 aromatic heterocycles. The minimum absolute atomic E-state index is 0.268. The van der Waals surface area contributed by atoms with Gasteiger partial charge >= 0.3 is 6.03 Å². The topological polar surface area (TPSA) is 72.3 Å². The van der Waals surface area contributed by atoms with Crippen molar-refractivity contribution in [3.05, 3.63) is 64.7 Å². The van der Waals surface area contributed by atoms with Crippen LogP contribution in [-0.2, 0) is 19.5 Å². The summed E-state index contributed by atoms with van der Waals surface area (Å²) in [5.41, 5.74) is 2.50. The van der Waals surface area contributed by atoms with Gasteiger partial charge in [-0.15, -0.1) is 10.2 Å². The summed E-state index contributed by atoms with van der Waals surface area (Å²) in [4.78, 5) is 14.9. The SMILES string of the molecule is COc1ccc(N(Cc2nnc3n2CCCCC3)C(=O)Nc2ccc(C)cc2)cc1Cl. The summed E-state index contributed by atoms with van der Waals surface area (Å²) in [6.45, 7) is 3.16. The zero-order valence-electron chi connectivity index (χ0n) is 17.8. The Morgan fingerprint density at radius 2 is 1.97 bits per heavy atom. The fourth-order valence-electron chi connectivity index (χ4n) is 3.74. The number of nitrogens with one attached hydrogen (secondary N) is 1. The maximum Gasteiger partial charge on any atom is 0.326 e. The lowest BCUT2D eigenvalue weighted by atomic mass is 10.2. The lowest BCUT2D eigenvalue weighted by Gasteiger charge is -2.24. The van der Waals surface area contributed by atoms with E-state index in [-0.39, 0.29) is 12.6 Å². The van der Waals surface area contributed by atoms with E-state index in [1.807, 2.05) is 37.3 Å². The number of hydrogen-bond donors (Lipinski definition) is 1. The molecule has 0 unspecified atom stereocenters. The highest BCUT2D eigenvalue weighted by Gasteiger charge is 2.23. The van der Waals surface area contributed by atoms with Crippen LogP contribution in [0.1, 0.15) is 36.5 Å². The van der Waals surface area contributed by atoms with Gasteiger partial charge < -0.3 is 14.6 Å². The van der Waals surface area contributed by atoms with Gasteiger partial charge in [0.05, 0.1) is 18.7 Å². The maximum atomic E-state index is 13.3. The largest absolute Gasteiger partial charge is 0.495 e. The van der Waals surface area contributed by atoms with Crippen molar-refractivity contribution < 1.29 is 9.53 Å². The maximum absolute atomic E-state index is 13.3. The molecular weight excluding hydrogens is 414 g/mol. The fraction of sp³-hybridized carbons (Fsp3) is 0.348. The van der Waals surface area contributed by atoms with Crippen LogP contribution in [0, 0.1) is 6.92 Å². The van der Waals surface area contributed by atoms with Crippen molar-refractivity contribution in [1.29, 1.82) is 0 Å². The van der Waals surface area contributed by atoms with Crippen LogP contribution in [0.4, 0.5) is 16.2 Å². The number of ether oxygens (including phenoxy) is 1. The monoisotopic (exact) mass is 439 g/mol. The molecule has 0 radical (unpaired) electrons. The summed E-state index contributed by atoms with van der Waals surface area (Å²) in [7, 11) is 1.56. The van der Waals surface area contributed by atoms with E-state index in [9.17, 15) is 4.79 Å². The number of nitrogens with zero attached hydrogens (tertiary/aromatic N) is 4. The first-order valence-corrected chi connectivity index (χ1v) is 10.8. The van der Waals surface area contributed by atoms with Crippen molar-refractivity contribution in [2.75, 3.05) is 17.3 Å². The summed E-state index contributed by atoms with van der Waals surface area (Å²) < 4.78 is 7.41. The quantitative estimate of drug-likeness (QED) is 0.592. The summed E-state index contributed by atoms with van der Waals surface area (Å²) in [5, 5.41) is 12.2. The molecule has 0 spiro atoms. The Labute approximate surface area is 187 Å². The fourth-order valence-corrected chi connectivity index (χ4v) is 3.99. The van der Waals surface area contributed by atoms with Crippen molar-refractivity contribution in [1.82, 2.24) is 14.8 Å². The number of anilines is 2. The Bertz CT molecular complexity index is 1060. The van der Waals surface area contributed by atoms with E-state index < -0.39 is 0 Å². The third-order valence-electron chi connectivity index (χ3n) is 5.48. The number of carbonyl (C=O) groups excluding carboxylic acids is 1. The molecule has 0 atom stereocenters. The van der Waals surface area contributed by atoms with Gasteiger partial charge in [0.25, 0.3) is 0 Å². The molecule has 31 heavy (non-hydrogen) atoms. The standard InChI is InChI=1S/C23H26ClN5O2/c1-16-7-9-17(10-8-16)25-23(30)29(18-11-12-20(31-2)19(24)14-18)15-22-27-26-21-6-4-3-5-13-28(21)22/h7-12,14H,3-6,13,15H2,1-2H3,(H,25,30). The van der Waals surface area contributed by atoms with Crippen LogP contribution in [0.15, 0.2) is 42.5 Å². The molecule has 7 nitrogen and oxygen atoms in total. The molecule has 2 aromatic carbocycles. The molecule has 1 aliphatic heterocycles. The molecule has 0 bridgehead atoms. The average molecular weight is 440 g/mol. The number of benzene rings is 2. The minimum atomic E-state index is -0.268. The summed E-state index contributed by atoms with van der Waals surface area (Å²) in [5.74, 6) is 2.31. The molecule has 0 aliphatic carbocycles. The van der Waals surface area contributed by atoms with E-state index in [2.05, 4.69) is 20.1 Å². The van der Waals surface area contributed by atoms with Gasteiger partial charge in [-0.25, -0.2) is 4.79 Å². The first kappa shape index (κ1) is 21.2. The van der Waals surface area contributed by atoms with Gasteiger partial charge in [-0.1, -0.05) is 35.7 Å². The molecule has 3 aromatic rings. The first-order valence-electron chi connectivity index (χ1n) is 10.4. The third kappa shape index (κ3) is 4.82.